The van der Waals surface area contributed by atoms with E-state index < -0.39 is 0 Å². The maximum atomic E-state index is 12.1. The van der Waals surface area contributed by atoms with Crippen molar-refractivity contribution >= 4 is 5.91 Å². The van der Waals surface area contributed by atoms with Crippen molar-refractivity contribution in [2.24, 2.45) is 11.7 Å². The molecule has 0 aliphatic carbocycles. The number of nitrogens with one attached hydrogen (secondary N) is 1. The fourth-order valence-corrected chi connectivity index (χ4v) is 2.78. The number of rotatable bonds is 6. The van der Waals surface area contributed by atoms with Crippen LogP contribution in [-0.2, 0) is 4.79 Å². The summed E-state index contributed by atoms with van der Waals surface area (Å²) in [7, 11) is 0. The standard InChI is InChI=1S/C17H27N3O/c1-13(14(2)18)17(21)19-12-16(20-10-6-7-11-20)15-8-4-3-5-9-15/h3-5,8-9,13-14,16H,6-7,10-12,18H2,1-2H3,(H,19,21). The largest absolute Gasteiger partial charge is 0.354 e. The molecule has 1 aromatic rings. The van der Waals surface area contributed by atoms with Crippen LogP contribution in [0.5, 0.6) is 0 Å². The number of carbonyl (C=O) groups excluding carboxylic acids is 1. The summed E-state index contributed by atoms with van der Waals surface area (Å²) in [5, 5.41) is 3.08. The summed E-state index contributed by atoms with van der Waals surface area (Å²) in [4.78, 5) is 14.6. The van der Waals surface area contributed by atoms with Crippen LogP contribution in [0.4, 0.5) is 0 Å². The highest BCUT2D eigenvalue weighted by Gasteiger charge is 2.25. The number of hydrogen-bond acceptors (Lipinski definition) is 3. The fraction of sp³-hybridized carbons (Fsp3) is 0.588. The lowest BCUT2D eigenvalue weighted by Crippen LogP contribution is -2.42. The van der Waals surface area contributed by atoms with Crippen molar-refractivity contribution in [1.29, 1.82) is 0 Å². The van der Waals surface area contributed by atoms with Crippen LogP contribution in [0.1, 0.15) is 38.3 Å². The minimum atomic E-state index is -0.153. The first-order valence-corrected chi connectivity index (χ1v) is 7.92. The van der Waals surface area contributed by atoms with Gasteiger partial charge in [0.25, 0.3) is 0 Å². The highest BCUT2D eigenvalue weighted by Crippen LogP contribution is 2.24. The summed E-state index contributed by atoms with van der Waals surface area (Å²) < 4.78 is 0. The van der Waals surface area contributed by atoms with Crippen molar-refractivity contribution in [1.82, 2.24) is 10.2 Å². The zero-order valence-electron chi connectivity index (χ0n) is 13.1. The molecule has 116 valence electrons. The Morgan fingerprint density at radius 3 is 2.43 bits per heavy atom. The van der Waals surface area contributed by atoms with Crippen LogP contribution in [0.25, 0.3) is 0 Å². The molecule has 1 aliphatic heterocycles. The molecular formula is C17H27N3O. The summed E-state index contributed by atoms with van der Waals surface area (Å²) >= 11 is 0. The lowest BCUT2D eigenvalue weighted by atomic mass is 10.0. The zero-order valence-corrected chi connectivity index (χ0v) is 13.1. The molecule has 1 saturated heterocycles. The van der Waals surface area contributed by atoms with Gasteiger partial charge in [-0.3, -0.25) is 9.69 Å². The first-order valence-electron chi connectivity index (χ1n) is 7.92. The fourth-order valence-electron chi connectivity index (χ4n) is 2.78. The second kappa shape index (κ2) is 7.57. The van der Waals surface area contributed by atoms with Crippen LogP contribution in [-0.4, -0.2) is 36.5 Å². The van der Waals surface area contributed by atoms with Gasteiger partial charge in [0.05, 0.1) is 6.04 Å². The molecular weight excluding hydrogens is 262 g/mol. The van der Waals surface area contributed by atoms with Crippen LogP contribution in [0.15, 0.2) is 30.3 Å². The Morgan fingerprint density at radius 2 is 1.86 bits per heavy atom. The number of likely N-dealkylation sites (tertiary alicyclic amines) is 1. The predicted molar refractivity (Wildman–Crippen MR) is 85.8 cm³/mol. The van der Waals surface area contributed by atoms with Gasteiger partial charge in [-0.1, -0.05) is 37.3 Å². The molecule has 0 aromatic heterocycles. The molecule has 1 aliphatic rings. The van der Waals surface area contributed by atoms with Crippen LogP contribution in [0.3, 0.4) is 0 Å². The van der Waals surface area contributed by atoms with Gasteiger partial charge in [-0.05, 0) is 38.4 Å². The molecule has 1 aromatic carbocycles. The average Bonchev–Trinajstić information content (AvgIpc) is 3.01. The molecule has 4 heteroatoms. The average molecular weight is 289 g/mol. The first-order chi connectivity index (χ1) is 10.1. The number of amides is 1. The molecule has 2 rings (SSSR count). The Morgan fingerprint density at radius 1 is 1.24 bits per heavy atom. The van der Waals surface area contributed by atoms with Gasteiger partial charge in [-0.2, -0.15) is 0 Å². The van der Waals surface area contributed by atoms with Crippen molar-refractivity contribution in [3.05, 3.63) is 35.9 Å². The van der Waals surface area contributed by atoms with E-state index in [0.717, 1.165) is 13.1 Å². The molecule has 3 N–H and O–H groups in total. The molecule has 0 bridgehead atoms. The van der Waals surface area contributed by atoms with Gasteiger partial charge in [0.1, 0.15) is 0 Å². The van der Waals surface area contributed by atoms with Crippen molar-refractivity contribution in [3.8, 4) is 0 Å². The third kappa shape index (κ3) is 4.29. The van der Waals surface area contributed by atoms with Crippen LogP contribution < -0.4 is 11.1 Å². The summed E-state index contributed by atoms with van der Waals surface area (Å²) in [6.45, 7) is 6.63. The van der Waals surface area contributed by atoms with Gasteiger partial charge in [-0.15, -0.1) is 0 Å². The van der Waals surface area contributed by atoms with Crippen molar-refractivity contribution < 1.29 is 4.79 Å². The quantitative estimate of drug-likeness (QED) is 0.841. The smallest absolute Gasteiger partial charge is 0.224 e. The molecule has 3 atom stereocenters. The van der Waals surface area contributed by atoms with E-state index in [2.05, 4.69) is 34.5 Å². The SMILES string of the molecule is CC(N)C(C)C(=O)NCC(c1ccccc1)N1CCCC1. The molecule has 3 unspecified atom stereocenters. The Bertz CT molecular complexity index is 441. The van der Waals surface area contributed by atoms with E-state index >= 15 is 0 Å². The normalized spacial score (nSPS) is 20.0. The molecule has 1 heterocycles. The topological polar surface area (TPSA) is 58.4 Å². The van der Waals surface area contributed by atoms with Gasteiger partial charge >= 0.3 is 0 Å². The third-order valence-electron chi connectivity index (χ3n) is 4.44. The Hall–Kier alpha value is -1.39. The number of nitrogens with two attached hydrogens (primary N) is 1. The van der Waals surface area contributed by atoms with Crippen molar-refractivity contribution in [3.63, 3.8) is 0 Å². The molecule has 0 spiro atoms. The third-order valence-corrected chi connectivity index (χ3v) is 4.44. The van der Waals surface area contributed by atoms with E-state index in [9.17, 15) is 4.79 Å². The highest BCUT2D eigenvalue weighted by molar-refractivity contribution is 5.78. The monoisotopic (exact) mass is 289 g/mol. The van der Waals surface area contributed by atoms with Gasteiger partial charge in [0, 0.05) is 18.5 Å². The van der Waals surface area contributed by atoms with E-state index in [0.29, 0.717) is 6.54 Å². The van der Waals surface area contributed by atoms with E-state index in [1.54, 1.807) is 0 Å². The van der Waals surface area contributed by atoms with E-state index in [1.165, 1.54) is 18.4 Å². The molecule has 0 radical (unpaired) electrons. The molecule has 21 heavy (non-hydrogen) atoms. The molecule has 1 fully saturated rings. The number of nitrogens with zero attached hydrogens (tertiary/aromatic N) is 1. The summed E-state index contributed by atoms with van der Waals surface area (Å²) in [6, 6.07) is 10.6. The first kappa shape index (κ1) is 16.0. The van der Waals surface area contributed by atoms with Gasteiger partial charge in [0.15, 0.2) is 0 Å². The van der Waals surface area contributed by atoms with Gasteiger partial charge in [0.2, 0.25) is 5.91 Å². The van der Waals surface area contributed by atoms with Crippen LogP contribution >= 0.6 is 0 Å². The number of hydrogen-bond donors (Lipinski definition) is 2. The minimum Gasteiger partial charge on any atom is -0.354 e. The minimum absolute atomic E-state index is 0.0464. The summed E-state index contributed by atoms with van der Waals surface area (Å²) in [5.41, 5.74) is 7.08. The van der Waals surface area contributed by atoms with Gasteiger partial charge in [-0.25, -0.2) is 0 Å². The zero-order chi connectivity index (χ0) is 15.2. The van der Waals surface area contributed by atoms with Crippen molar-refractivity contribution in [2.45, 2.75) is 38.8 Å². The second-order valence-corrected chi connectivity index (χ2v) is 6.06. The molecule has 4 nitrogen and oxygen atoms in total. The lowest BCUT2D eigenvalue weighted by molar-refractivity contribution is -0.125. The predicted octanol–water partition coefficient (Wildman–Crippen LogP) is 1.92. The Balaban J connectivity index is 2.01. The Kier molecular flexibility index (Phi) is 5.76. The molecule has 1 amide bonds. The van der Waals surface area contributed by atoms with E-state index in [-0.39, 0.29) is 23.9 Å². The maximum Gasteiger partial charge on any atom is 0.224 e. The number of benzene rings is 1. The second-order valence-electron chi connectivity index (χ2n) is 6.06. The van der Waals surface area contributed by atoms with E-state index in [4.69, 9.17) is 5.73 Å². The van der Waals surface area contributed by atoms with Crippen LogP contribution in [0.2, 0.25) is 0 Å². The number of carbonyl (C=O) groups is 1. The Labute approximate surface area is 127 Å². The highest BCUT2D eigenvalue weighted by atomic mass is 16.1. The van der Waals surface area contributed by atoms with E-state index in [1.807, 2.05) is 19.9 Å². The van der Waals surface area contributed by atoms with Gasteiger partial charge < -0.3 is 11.1 Å². The summed E-state index contributed by atoms with van der Waals surface area (Å²) in [6.07, 6.45) is 2.49. The maximum absolute atomic E-state index is 12.1. The lowest BCUT2D eigenvalue weighted by Gasteiger charge is -2.29. The van der Waals surface area contributed by atoms with Crippen LogP contribution in [0, 0.1) is 5.92 Å². The molecule has 0 saturated carbocycles. The van der Waals surface area contributed by atoms with Crippen molar-refractivity contribution in [2.75, 3.05) is 19.6 Å². The summed E-state index contributed by atoms with van der Waals surface area (Å²) in [5.74, 6) is -0.106.